The average molecular weight is 383 g/mol. The molecular weight excluding hydrogens is 348 g/mol. The van der Waals surface area contributed by atoms with Crippen LogP contribution in [-0.2, 0) is 20.9 Å². The van der Waals surface area contributed by atoms with Crippen molar-refractivity contribution in [3.05, 3.63) is 71.8 Å². The molecule has 0 N–H and O–H groups in total. The number of ether oxygens (including phenoxy) is 2. The smallest absolute Gasteiger partial charge is 0.201 e. The molecule has 0 heterocycles. The van der Waals surface area contributed by atoms with Gasteiger partial charge in [-0.3, -0.25) is 0 Å². The molecule has 0 saturated carbocycles. The largest absolute Gasteiger partial charge is 0.348 e. The number of hydrogen-bond acceptors (Lipinski definition) is 4. The Morgan fingerprint density at radius 1 is 0.643 bits per heavy atom. The third kappa shape index (κ3) is 6.25. The Balaban J connectivity index is 2.39. The summed E-state index contributed by atoms with van der Waals surface area (Å²) in [4.78, 5) is 0. The Bertz CT molecular complexity index is 667. The molecule has 0 amide bonds. The number of azo groups is 1. The summed E-state index contributed by atoms with van der Waals surface area (Å²) in [5.41, 5.74) is 0.197. The predicted octanol–water partition coefficient (Wildman–Crippen LogP) is 6.53. The lowest BCUT2D eigenvalue weighted by atomic mass is 10.0. The summed E-state index contributed by atoms with van der Waals surface area (Å²) in [5.74, 6) is 0.798. The first-order valence-electron chi connectivity index (χ1n) is 10.1. The van der Waals surface area contributed by atoms with E-state index in [1.807, 2.05) is 74.5 Å². The molecule has 0 aliphatic rings. The fourth-order valence-corrected chi connectivity index (χ4v) is 2.68. The second-order valence-corrected chi connectivity index (χ2v) is 8.31. The minimum absolute atomic E-state index is 0.399. The molecule has 0 aliphatic carbocycles. The van der Waals surface area contributed by atoms with Crippen LogP contribution in [0.25, 0.3) is 0 Å². The Labute approximate surface area is 170 Å². The third-order valence-electron chi connectivity index (χ3n) is 4.45. The highest BCUT2D eigenvalue weighted by Gasteiger charge is 2.32. The Morgan fingerprint density at radius 3 is 1.25 bits per heavy atom. The minimum Gasteiger partial charge on any atom is -0.348 e. The SMILES string of the molecule is CC(C)COC(C)(N=NC(C)(OCC(C)C)c1ccccc1)c1ccccc1. The van der Waals surface area contributed by atoms with E-state index in [1.165, 1.54) is 0 Å². The summed E-state index contributed by atoms with van der Waals surface area (Å²) >= 11 is 0. The highest BCUT2D eigenvalue weighted by molar-refractivity contribution is 5.23. The van der Waals surface area contributed by atoms with Crippen LogP contribution in [0.15, 0.2) is 70.9 Å². The molecule has 4 nitrogen and oxygen atoms in total. The van der Waals surface area contributed by atoms with Crippen LogP contribution in [0.2, 0.25) is 0 Å². The molecule has 2 aromatic rings. The van der Waals surface area contributed by atoms with Gasteiger partial charge in [-0.1, -0.05) is 88.4 Å². The maximum Gasteiger partial charge on any atom is 0.201 e. The standard InChI is InChI=1S/C24H34N2O2/c1-19(2)17-27-23(5,21-13-9-7-10-14-21)25-26-24(6,28-18-20(3)4)22-15-11-8-12-16-22/h7-16,19-20H,17-18H2,1-6H3. The van der Waals surface area contributed by atoms with Gasteiger partial charge >= 0.3 is 0 Å². The first-order chi connectivity index (χ1) is 13.3. The highest BCUT2D eigenvalue weighted by Crippen LogP contribution is 2.33. The van der Waals surface area contributed by atoms with Gasteiger partial charge < -0.3 is 9.47 Å². The van der Waals surface area contributed by atoms with Gasteiger partial charge in [0.05, 0.1) is 13.2 Å². The topological polar surface area (TPSA) is 43.2 Å². The summed E-state index contributed by atoms with van der Waals surface area (Å²) in [5, 5.41) is 9.40. The molecular formula is C24H34N2O2. The van der Waals surface area contributed by atoms with Gasteiger partial charge in [-0.05, 0) is 25.7 Å². The molecule has 2 aromatic carbocycles. The lowest BCUT2D eigenvalue weighted by Crippen LogP contribution is -2.29. The van der Waals surface area contributed by atoms with Crippen molar-refractivity contribution in [2.45, 2.75) is 53.0 Å². The number of benzene rings is 2. The van der Waals surface area contributed by atoms with E-state index >= 15 is 0 Å². The molecule has 0 aliphatic heterocycles. The maximum atomic E-state index is 6.22. The zero-order chi connectivity index (χ0) is 20.6. The monoisotopic (exact) mass is 382 g/mol. The van der Waals surface area contributed by atoms with Crippen LogP contribution in [0.1, 0.15) is 52.7 Å². The summed E-state index contributed by atoms with van der Waals surface area (Å²) in [6, 6.07) is 20.0. The van der Waals surface area contributed by atoms with E-state index in [4.69, 9.17) is 19.7 Å². The molecule has 4 heteroatoms. The highest BCUT2D eigenvalue weighted by atomic mass is 16.5. The summed E-state index contributed by atoms with van der Waals surface area (Å²) in [6.45, 7) is 13.6. The second-order valence-electron chi connectivity index (χ2n) is 8.31. The van der Waals surface area contributed by atoms with Crippen LogP contribution in [0, 0.1) is 11.8 Å². The molecule has 0 aromatic heterocycles. The van der Waals surface area contributed by atoms with E-state index in [2.05, 4.69) is 27.7 Å². The minimum atomic E-state index is -0.872. The van der Waals surface area contributed by atoms with Crippen LogP contribution in [0.4, 0.5) is 0 Å². The second kappa shape index (κ2) is 9.94. The molecule has 2 rings (SSSR count). The molecule has 0 saturated heterocycles. The van der Waals surface area contributed by atoms with Gasteiger partial charge in [0, 0.05) is 11.1 Å². The Hall–Kier alpha value is -2.04. The molecule has 0 fully saturated rings. The molecule has 0 spiro atoms. The van der Waals surface area contributed by atoms with Crippen molar-refractivity contribution >= 4 is 0 Å². The van der Waals surface area contributed by atoms with E-state index in [0.717, 1.165) is 11.1 Å². The zero-order valence-corrected chi connectivity index (χ0v) is 18.1. The Kier molecular flexibility index (Phi) is 7.90. The van der Waals surface area contributed by atoms with E-state index in [-0.39, 0.29) is 0 Å². The zero-order valence-electron chi connectivity index (χ0n) is 18.1. The fraction of sp³-hybridized carbons (Fsp3) is 0.500. The van der Waals surface area contributed by atoms with Gasteiger partial charge in [0.25, 0.3) is 0 Å². The van der Waals surface area contributed by atoms with Crippen molar-refractivity contribution in [1.82, 2.24) is 0 Å². The molecule has 2 unspecified atom stereocenters. The summed E-state index contributed by atoms with van der Waals surface area (Å²) in [6.07, 6.45) is 0. The molecule has 152 valence electrons. The van der Waals surface area contributed by atoms with Gasteiger partial charge in [-0.15, -0.1) is 0 Å². The van der Waals surface area contributed by atoms with Crippen LogP contribution in [0.5, 0.6) is 0 Å². The average Bonchev–Trinajstić information content (AvgIpc) is 2.70. The maximum absolute atomic E-state index is 6.22. The molecule has 28 heavy (non-hydrogen) atoms. The number of rotatable bonds is 10. The number of nitrogens with zero attached hydrogens (tertiary/aromatic N) is 2. The molecule has 0 radical (unpaired) electrons. The Morgan fingerprint density at radius 2 is 0.964 bits per heavy atom. The van der Waals surface area contributed by atoms with Gasteiger partial charge in [-0.2, -0.15) is 10.2 Å². The quantitative estimate of drug-likeness (QED) is 0.438. The van der Waals surface area contributed by atoms with Gasteiger partial charge in [0.1, 0.15) is 0 Å². The van der Waals surface area contributed by atoms with Crippen molar-refractivity contribution in [2.75, 3.05) is 13.2 Å². The van der Waals surface area contributed by atoms with Crippen molar-refractivity contribution in [3.63, 3.8) is 0 Å². The van der Waals surface area contributed by atoms with E-state index in [9.17, 15) is 0 Å². The summed E-state index contributed by atoms with van der Waals surface area (Å²) < 4.78 is 12.4. The van der Waals surface area contributed by atoms with Gasteiger partial charge in [0.2, 0.25) is 11.4 Å². The van der Waals surface area contributed by atoms with Crippen LogP contribution in [-0.4, -0.2) is 13.2 Å². The van der Waals surface area contributed by atoms with Crippen molar-refractivity contribution in [2.24, 2.45) is 22.1 Å². The van der Waals surface area contributed by atoms with Crippen molar-refractivity contribution in [1.29, 1.82) is 0 Å². The van der Waals surface area contributed by atoms with E-state index in [0.29, 0.717) is 25.0 Å². The fourth-order valence-electron chi connectivity index (χ4n) is 2.68. The summed E-state index contributed by atoms with van der Waals surface area (Å²) in [7, 11) is 0. The van der Waals surface area contributed by atoms with Gasteiger partial charge in [0.15, 0.2) is 0 Å². The first-order valence-corrected chi connectivity index (χ1v) is 10.1. The van der Waals surface area contributed by atoms with E-state index < -0.39 is 11.4 Å². The number of hydrogen-bond donors (Lipinski definition) is 0. The lowest BCUT2D eigenvalue weighted by molar-refractivity contribution is -0.0756. The van der Waals surface area contributed by atoms with Crippen LogP contribution in [0.3, 0.4) is 0 Å². The molecule has 0 bridgehead atoms. The van der Waals surface area contributed by atoms with Crippen LogP contribution >= 0.6 is 0 Å². The van der Waals surface area contributed by atoms with Crippen LogP contribution < -0.4 is 0 Å². The van der Waals surface area contributed by atoms with Crippen molar-refractivity contribution < 1.29 is 9.47 Å². The third-order valence-corrected chi connectivity index (χ3v) is 4.45. The van der Waals surface area contributed by atoms with Crippen molar-refractivity contribution in [3.8, 4) is 0 Å². The molecule has 2 atom stereocenters. The normalized spacial score (nSPS) is 16.4. The first kappa shape index (κ1) is 22.3. The van der Waals surface area contributed by atoms with Gasteiger partial charge in [-0.25, -0.2) is 0 Å². The predicted molar refractivity (Wildman–Crippen MR) is 114 cm³/mol. The lowest BCUT2D eigenvalue weighted by Gasteiger charge is -2.30. The van der Waals surface area contributed by atoms with E-state index in [1.54, 1.807) is 0 Å².